The smallest absolute Gasteiger partial charge is 0.223 e. The normalized spacial score (nSPS) is 19.5. The number of hydrogen-bond donors (Lipinski definition) is 2. The monoisotopic (exact) mass is 265 g/mol. The van der Waals surface area contributed by atoms with Crippen molar-refractivity contribution in [2.75, 3.05) is 42.3 Å². The molecular formula is C13H23N5O. The summed E-state index contributed by atoms with van der Waals surface area (Å²) in [6, 6.07) is 2.34. The Morgan fingerprint density at radius 1 is 1.47 bits per heavy atom. The number of morpholine rings is 1. The van der Waals surface area contributed by atoms with Crippen LogP contribution >= 0.6 is 0 Å². The number of aromatic nitrogens is 2. The van der Waals surface area contributed by atoms with Crippen LogP contribution in [0.15, 0.2) is 6.07 Å². The summed E-state index contributed by atoms with van der Waals surface area (Å²) >= 11 is 0. The third-order valence-electron chi connectivity index (χ3n) is 3.28. The van der Waals surface area contributed by atoms with Crippen LogP contribution < -0.4 is 16.0 Å². The average molecular weight is 265 g/mol. The van der Waals surface area contributed by atoms with E-state index in [0.29, 0.717) is 12.0 Å². The quantitative estimate of drug-likeness (QED) is 0.840. The minimum absolute atomic E-state index is 0.317. The molecule has 1 atom stereocenters. The zero-order valence-corrected chi connectivity index (χ0v) is 11.7. The molecule has 6 nitrogen and oxygen atoms in total. The predicted molar refractivity (Wildman–Crippen MR) is 77.5 cm³/mol. The lowest BCUT2D eigenvalue weighted by atomic mass is 10.2. The van der Waals surface area contributed by atoms with Crippen LogP contribution in [0.4, 0.5) is 17.6 Å². The molecule has 0 aliphatic carbocycles. The molecule has 1 aliphatic rings. The number of nitrogens with zero attached hydrogens (tertiary/aromatic N) is 3. The maximum absolute atomic E-state index is 5.80. The highest BCUT2D eigenvalue weighted by molar-refractivity contribution is 5.53. The topological polar surface area (TPSA) is 76.3 Å². The van der Waals surface area contributed by atoms with Crippen LogP contribution in [0, 0.1) is 0 Å². The van der Waals surface area contributed by atoms with Crippen LogP contribution in [0.3, 0.4) is 0 Å². The fraction of sp³-hybridized carbons (Fsp3) is 0.692. The molecule has 0 amide bonds. The van der Waals surface area contributed by atoms with Gasteiger partial charge in [-0.2, -0.15) is 9.97 Å². The maximum atomic E-state index is 5.80. The molecule has 0 aromatic carbocycles. The number of nitrogens with one attached hydrogen (secondary N) is 1. The van der Waals surface area contributed by atoms with Crippen LogP contribution in [0.5, 0.6) is 0 Å². The van der Waals surface area contributed by atoms with Gasteiger partial charge in [-0.1, -0.05) is 13.8 Å². The molecule has 1 aromatic heterocycles. The molecule has 1 aromatic rings. The highest BCUT2D eigenvalue weighted by Gasteiger charge is 2.23. The second-order valence-electron chi connectivity index (χ2n) is 4.73. The largest absolute Gasteiger partial charge is 0.377 e. The molecule has 0 bridgehead atoms. The molecule has 106 valence electrons. The summed E-state index contributed by atoms with van der Waals surface area (Å²) in [6.07, 6.45) is 2.08. The number of hydrogen-bond acceptors (Lipinski definition) is 6. The summed E-state index contributed by atoms with van der Waals surface area (Å²) in [6.45, 7) is 7.50. The van der Waals surface area contributed by atoms with E-state index < -0.39 is 0 Å². The zero-order valence-electron chi connectivity index (χ0n) is 11.7. The molecule has 1 saturated heterocycles. The highest BCUT2D eigenvalue weighted by atomic mass is 16.5. The molecule has 0 spiro atoms. The number of anilines is 3. The Balaban J connectivity index is 2.19. The van der Waals surface area contributed by atoms with Crippen LogP contribution in [-0.4, -0.2) is 42.3 Å². The fourth-order valence-electron chi connectivity index (χ4n) is 2.24. The Kier molecular flexibility index (Phi) is 4.79. The van der Waals surface area contributed by atoms with E-state index in [1.165, 1.54) is 0 Å². The Hall–Kier alpha value is -1.56. The van der Waals surface area contributed by atoms with Gasteiger partial charge < -0.3 is 20.7 Å². The van der Waals surface area contributed by atoms with Crippen LogP contribution in [-0.2, 0) is 4.74 Å². The fourth-order valence-corrected chi connectivity index (χ4v) is 2.24. The Morgan fingerprint density at radius 3 is 3.05 bits per heavy atom. The molecular weight excluding hydrogens is 242 g/mol. The molecule has 1 aliphatic heterocycles. The summed E-state index contributed by atoms with van der Waals surface area (Å²) < 4.78 is 5.52. The summed E-state index contributed by atoms with van der Waals surface area (Å²) in [5.41, 5.74) is 5.80. The van der Waals surface area contributed by atoms with Crippen LogP contribution in [0.25, 0.3) is 0 Å². The number of ether oxygens (including phenoxy) is 1. The van der Waals surface area contributed by atoms with Gasteiger partial charge in [0.2, 0.25) is 5.95 Å². The van der Waals surface area contributed by atoms with Crippen molar-refractivity contribution in [1.82, 2.24) is 9.97 Å². The van der Waals surface area contributed by atoms with Crippen molar-refractivity contribution in [2.24, 2.45) is 0 Å². The Labute approximate surface area is 114 Å². The van der Waals surface area contributed by atoms with Crippen LogP contribution in [0.1, 0.15) is 26.7 Å². The van der Waals surface area contributed by atoms with Gasteiger partial charge in [-0.3, -0.25) is 0 Å². The van der Waals surface area contributed by atoms with E-state index in [-0.39, 0.29) is 0 Å². The van der Waals surface area contributed by atoms with Gasteiger partial charge in [0.05, 0.1) is 19.3 Å². The second kappa shape index (κ2) is 6.56. The number of nitrogen functional groups attached to an aromatic ring is 1. The van der Waals surface area contributed by atoms with Gasteiger partial charge in [0.1, 0.15) is 11.6 Å². The van der Waals surface area contributed by atoms with Gasteiger partial charge >= 0.3 is 0 Å². The van der Waals surface area contributed by atoms with Crippen LogP contribution in [0.2, 0.25) is 0 Å². The molecule has 0 radical (unpaired) electrons. The molecule has 2 heterocycles. The average Bonchev–Trinajstić information content (AvgIpc) is 2.44. The van der Waals surface area contributed by atoms with Crippen molar-refractivity contribution in [1.29, 1.82) is 0 Å². The van der Waals surface area contributed by atoms with E-state index in [9.17, 15) is 0 Å². The van der Waals surface area contributed by atoms with Crippen molar-refractivity contribution in [3.8, 4) is 0 Å². The first-order valence-corrected chi connectivity index (χ1v) is 6.97. The number of nitrogens with two attached hydrogens (primary N) is 1. The van der Waals surface area contributed by atoms with E-state index in [2.05, 4.69) is 34.0 Å². The van der Waals surface area contributed by atoms with E-state index >= 15 is 0 Å². The van der Waals surface area contributed by atoms with Crippen molar-refractivity contribution >= 4 is 17.6 Å². The summed E-state index contributed by atoms with van der Waals surface area (Å²) in [7, 11) is 0. The molecule has 6 heteroatoms. The first-order valence-electron chi connectivity index (χ1n) is 6.97. The van der Waals surface area contributed by atoms with Gasteiger partial charge in [0, 0.05) is 19.2 Å². The molecule has 1 fully saturated rings. The van der Waals surface area contributed by atoms with Crippen molar-refractivity contribution in [3.63, 3.8) is 0 Å². The Bertz CT molecular complexity index is 412. The highest BCUT2D eigenvalue weighted by Crippen LogP contribution is 2.22. The van der Waals surface area contributed by atoms with Gasteiger partial charge in [0.25, 0.3) is 0 Å². The summed E-state index contributed by atoms with van der Waals surface area (Å²) in [4.78, 5) is 10.8. The lowest BCUT2D eigenvalue weighted by Crippen LogP contribution is -2.45. The second-order valence-corrected chi connectivity index (χ2v) is 4.73. The predicted octanol–water partition coefficient (Wildman–Crippen LogP) is 1.50. The van der Waals surface area contributed by atoms with E-state index in [0.717, 1.165) is 50.8 Å². The molecule has 2 rings (SSSR count). The van der Waals surface area contributed by atoms with E-state index in [1.807, 2.05) is 6.07 Å². The zero-order chi connectivity index (χ0) is 13.7. The lowest BCUT2D eigenvalue weighted by Gasteiger charge is -2.36. The van der Waals surface area contributed by atoms with E-state index in [4.69, 9.17) is 10.5 Å². The number of rotatable bonds is 5. The van der Waals surface area contributed by atoms with Gasteiger partial charge in [-0.15, -0.1) is 0 Å². The van der Waals surface area contributed by atoms with Crippen molar-refractivity contribution in [3.05, 3.63) is 6.07 Å². The van der Waals surface area contributed by atoms with Gasteiger partial charge in [-0.25, -0.2) is 0 Å². The van der Waals surface area contributed by atoms with E-state index in [1.54, 1.807) is 0 Å². The standard InChI is InChI=1S/C13H23N5O/c1-3-5-15-11-8-12(17-13(14)16-11)18-6-7-19-9-10(18)4-2/h8,10H,3-7,9H2,1-2H3,(H3,14,15,16,17). The maximum Gasteiger partial charge on any atom is 0.223 e. The third-order valence-corrected chi connectivity index (χ3v) is 3.28. The lowest BCUT2D eigenvalue weighted by molar-refractivity contribution is 0.0926. The van der Waals surface area contributed by atoms with Gasteiger partial charge in [0.15, 0.2) is 0 Å². The SMILES string of the molecule is CCCNc1cc(N2CCOCC2CC)nc(N)n1. The molecule has 3 N–H and O–H groups in total. The summed E-state index contributed by atoms with van der Waals surface area (Å²) in [5, 5.41) is 3.26. The Morgan fingerprint density at radius 2 is 2.32 bits per heavy atom. The van der Waals surface area contributed by atoms with Crippen molar-refractivity contribution < 1.29 is 4.74 Å². The van der Waals surface area contributed by atoms with Crippen molar-refractivity contribution in [2.45, 2.75) is 32.7 Å². The first kappa shape index (κ1) is 13.9. The minimum atomic E-state index is 0.317. The first-order chi connectivity index (χ1) is 9.24. The molecule has 19 heavy (non-hydrogen) atoms. The molecule has 1 unspecified atom stereocenters. The van der Waals surface area contributed by atoms with Gasteiger partial charge in [-0.05, 0) is 12.8 Å². The molecule has 0 saturated carbocycles. The third kappa shape index (κ3) is 3.47. The minimum Gasteiger partial charge on any atom is -0.377 e. The summed E-state index contributed by atoms with van der Waals surface area (Å²) in [5.74, 6) is 2.00.